The first-order valence-corrected chi connectivity index (χ1v) is 7.54. The second kappa shape index (κ2) is 8.25. The summed E-state index contributed by atoms with van der Waals surface area (Å²) in [6.07, 6.45) is 3.04. The Morgan fingerprint density at radius 2 is 1.33 bits per heavy atom. The molecule has 0 aromatic heterocycles. The molecule has 2 aromatic rings. The molecule has 0 unspecified atom stereocenters. The van der Waals surface area contributed by atoms with Gasteiger partial charge in [0.2, 0.25) is 0 Å². The maximum atomic E-state index is 4.78. The molecule has 0 saturated heterocycles. The monoisotopic (exact) mass is 280 g/mol. The number of nitrogens with zero attached hydrogens (tertiary/aromatic N) is 2. The summed E-state index contributed by atoms with van der Waals surface area (Å²) in [5, 5.41) is 0. The zero-order chi connectivity index (χ0) is 14.9. The van der Waals surface area contributed by atoms with Crippen molar-refractivity contribution in [1.82, 2.24) is 4.90 Å². The van der Waals surface area contributed by atoms with Crippen molar-refractivity contribution in [3.05, 3.63) is 71.8 Å². The summed E-state index contributed by atoms with van der Waals surface area (Å²) in [6.45, 7) is 0.853. The van der Waals surface area contributed by atoms with E-state index in [0.29, 0.717) is 0 Å². The van der Waals surface area contributed by atoms with Gasteiger partial charge in [0.25, 0.3) is 0 Å². The molecule has 0 saturated carbocycles. The van der Waals surface area contributed by atoms with E-state index in [0.717, 1.165) is 25.8 Å². The number of amidine groups is 1. The van der Waals surface area contributed by atoms with Crippen molar-refractivity contribution in [3.8, 4) is 0 Å². The summed E-state index contributed by atoms with van der Waals surface area (Å²) in [7, 11) is 4.15. The van der Waals surface area contributed by atoms with Crippen LogP contribution in [-0.4, -0.2) is 31.4 Å². The predicted molar refractivity (Wildman–Crippen MR) is 90.9 cm³/mol. The molecule has 2 rings (SSSR count). The van der Waals surface area contributed by atoms with E-state index >= 15 is 0 Å². The molecular formula is C19H24N2. The smallest absolute Gasteiger partial charge is 0.0987 e. The van der Waals surface area contributed by atoms with Crippen molar-refractivity contribution in [2.45, 2.75) is 19.3 Å². The van der Waals surface area contributed by atoms with Gasteiger partial charge in [0, 0.05) is 27.1 Å². The van der Waals surface area contributed by atoms with Gasteiger partial charge in [0.1, 0.15) is 0 Å². The van der Waals surface area contributed by atoms with Gasteiger partial charge in [-0.2, -0.15) is 0 Å². The highest BCUT2D eigenvalue weighted by Gasteiger charge is 2.03. The molecule has 0 aliphatic carbocycles. The van der Waals surface area contributed by atoms with Crippen LogP contribution in [0.25, 0.3) is 0 Å². The minimum atomic E-state index is 0.853. The van der Waals surface area contributed by atoms with Gasteiger partial charge < -0.3 is 4.90 Å². The summed E-state index contributed by atoms with van der Waals surface area (Å²) in [4.78, 5) is 6.91. The Labute approximate surface area is 128 Å². The molecule has 0 amide bonds. The highest BCUT2D eigenvalue weighted by molar-refractivity contribution is 5.82. The van der Waals surface area contributed by atoms with E-state index in [9.17, 15) is 0 Å². The number of benzene rings is 2. The quantitative estimate of drug-likeness (QED) is 0.580. The van der Waals surface area contributed by atoms with Crippen LogP contribution >= 0.6 is 0 Å². The van der Waals surface area contributed by atoms with Crippen LogP contribution in [0.1, 0.15) is 17.5 Å². The number of aliphatic imine (C=N–C) groups is 1. The molecule has 0 aliphatic heterocycles. The normalized spacial score (nSPS) is 11.4. The average molecular weight is 280 g/mol. The van der Waals surface area contributed by atoms with Gasteiger partial charge in [0.05, 0.1) is 5.84 Å². The summed E-state index contributed by atoms with van der Waals surface area (Å²) in [5.74, 6) is 1.18. The Balaban J connectivity index is 1.87. The number of rotatable bonds is 6. The Hall–Kier alpha value is -2.09. The number of aryl methyl sites for hydroxylation is 1. The van der Waals surface area contributed by atoms with Crippen LogP contribution in [0.4, 0.5) is 0 Å². The average Bonchev–Trinajstić information content (AvgIpc) is 2.52. The first kappa shape index (κ1) is 15.3. The lowest BCUT2D eigenvalue weighted by atomic mass is 10.1. The third-order valence-electron chi connectivity index (χ3n) is 3.53. The molecule has 0 atom stereocenters. The summed E-state index contributed by atoms with van der Waals surface area (Å²) in [6, 6.07) is 21.2. The van der Waals surface area contributed by atoms with Gasteiger partial charge >= 0.3 is 0 Å². The van der Waals surface area contributed by atoms with Crippen LogP contribution < -0.4 is 0 Å². The molecule has 2 aromatic carbocycles. The van der Waals surface area contributed by atoms with E-state index in [-0.39, 0.29) is 0 Å². The highest BCUT2D eigenvalue weighted by atomic mass is 15.1. The number of hydrogen-bond donors (Lipinski definition) is 0. The van der Waals surface area contributed by atoms with Crippen molar-refractivity contribution >= 4 is 5.84 Å². The largest absolute Gasteiger partial charge is 0.366 e. The third kappa shape index (κ3) is 5.42. The first-order chi connectivity index (χ1) is 10.3. The molecule has 2 heteroatoms. The van der Waals surface area contributed by atoms with Gasteiger partial charge in [-0.3, -0.25) is 4.99 Å². The second-order valence-corrected chi connectivity index (χ2v) is 5.41. The molecule has 0 bridgehead atoms. The Kier molecular flexibility index (Phi) is 6.01. The fraction of sp³-hybridized carbons (Fsp3) is 0.316. The topological polar surface area (TPSA) is 15.6 Å². The van der Waals surface area contributed by atoms with Crippen molar-refractivity contribution in [2.24, 2.45) is 4.99 Å². The molecular weight excluding hydrogens is 256 g/mol. The molecule has 0 aliphatic rings. The zero-order valence-electron chi connectivity index (χ0n) is 13.0. The lowest BCUT2D eigenvalue weighted by Crippen LogP contribution is -2.23. The van der Waals surface area contributed by atoms with Crippen molar-refractivity contribution < 1.29 is 0 Å². The molecule has 0 radical (unpaired) electrons. The third-order valence-corrected chi connectivity index (χ3v) is 3.53. The first-order valence-electron chi connectivity index (χ1n) is 7.54. The molecule has 0 spiro atoms. The lowest BCUT2D eigenvalue weighted by molar-refractivity contribution is 0.597. The van der Waals surface area contributed by atoms with Gasteiger partial charge in [-0.25, -0.2) is 0 Å². The van der Waals surface area contributed by atoms with Crippen LogP contribution in [0, 0.1) is 0 Å². The Morgan fingerprint density at radius 3 is 1.86 bits per heavy atom. The van der Waals surface area contributed by atoms with Gasteiger partial charge in [-0.05, 0) is 24.0 Å². The summed E-state index contributed by atoms with van der Waals surface area (Å²) >= 11 is 0. The Bertz CT molecular complexity index is 544. The van der Waals surface area contributed by atoms with Gasteiger partial charge in [-0.1, -0.05) is 60.7 Å². The fourth-order valence-electron chi connectivity index (χ4n) is 2.30. The standard InChI is InChI=1S/C19H24N2/c1-21(2)19(14-13-17-9-5-3-6-10-17)20-16-15-18-11-7-4-8-12-18/h3-12H,13-16H2,1-2H3. The van der Waals surface area contributed by atoms with Crippen LogP contribution in [0.15, 0.2) is 65.7 Å². The van der Waals surface area contributed by atoms with Crippen LogP contribution in [0.2, 0.25) is 0 Å². The van der Waals surface area contributed by atoms with Crippen LogP contribution in [0.3, 0.4) is 0 Å². The van der Waals surface area contributed by atoms with E-state index in [4.69, 9.17) is 4.99 Å². The van der Waals surface area contributed by atoms with E-state index in [1.54, 1.807) is 0 Å². The molecule has 0 N–H and O–H groups in total. The van der Waals surface area contributed by atoms with Crippen LogP contribution in [0.5, 0.6) is 0 Å². The Morgan fingerprint density at radius 1 is 0.810 bits per heavy atom. The molecule has 21 heavy (non-hydrogen) atoms. The van der Waals surface area contributed by atoms with Gasteiger partial charge in [0.15, 0.2) is 0 Å². The van der Waals surface area contributed by atoms with Crippen LogP contribution in [-0.2, 0) is 12.8 Å². The van der Waals surface area contributed by atoms with Crippen molar-refractivity contribution in [2.75, 3.05) is 20.6 Å². The molecule has 2 nitrogen and oxygen atoms in total. The zero-order valence-corrected chi connectivity index (χ0v) is 13.0. The minimum absolute atomic E-state index is 0.853. The highest BCUT2D eigenvalue weighted by Crippen LogP contribution is 2.05. The van der Waals surface area contributed by atoms with E-state index in [2.05, 4.69) is 79.7 Å². The minimum Gasteiger partial charge on any atom is -0.366 e. The molecule has 0 heterocycles. The summed E-state index contributed by atoms with van der Waals surface area (Å²) < 4.78 is 0. The summed E-state index contributed by atoms with van der Waals surface area (Å²) in [5.41, 5.74) is 2.72. The molecule has 0 fully saturated rings. The second-order valence-electron chi connectivity index (χ2n) is 5.41. The number of hydrogen-bond acceptors (Lipinski definition) is 1. The predicted octanol–water partition coefficient (Wildman–Crippen LogP) is 3.82. The SMILES string of the molecule is CN(C)C(CCc1ccccc1)=NCCc1ccccc1. The molecule has 110 valence electrons. The van der Waals surface area contributed by atoms with Gasteiger partial charge in [-0.15, -0.1) is 0 Å². The van der Waals surface area contributed by atoms with Crippen molar-refractivity contribution in [3.63, 3.8) is 0 Å². The van der Waals surface area contributed by atoms with E-state index in [1.165, 1.54) is 17.0 Å². The maximum Gasteiger partial charge on any atom is 0.0987 e. The fourth-order valence-corrected chi connectivity index (χ4v) is 2.30. The maximum absolute atomic E-state index is 4.78. The lowest BCUT2D eigenvalue weighted by Gasteiger charge is -2.16. The van der Waals surface area contributed by atoms with E-state index < -0.39 is 0 Å². The van der Waals surface area contributed by atoms with Crippen molar-refractivity contribution in [1.29, 1.82) is 0 Å². The van der Waals surface area contributed by atoms with E-state index in [1.807, 2.05) is 0 Å².